The van der Waals surface area contributed by atoms with Gasteiger partial charge in [-0.1, -0.05) is 62.4 Å². The van der Waals surface area contributed by atoms with Crippen LogP contribution in [0.2, 0.25) is 0 Å². The van der Waals surface area contributed by atoms with Crippen molar-refractivity contribution in [2.24, 2.45) is 5.92 Å². The first kappa shape index (κ1) is 38.4. The average Bonchev–Trinajstić information content (AvgIpc) is 3.65. The number of carbonyl (C=O) groups excluding carboxylic acids is 4. The van der Waals surface area contributed by atoms with Gasteiger partial charge in [0.2, 0.25) is 11.8 Å². The Morgan fingerprint density at radius 1 is 0.843 bits per heavy atom. The fourth-order valence-electron chi connectivity index (χ4n) is 5.53. The van der Waals surface area contributed by atoms with E-state index in [1.54, 1.807) is 48.8 Å². The van der Waals surface area contributed by atoms with Crippen LogP contribution in [0.4, 0.5) is 0 Å². The van der Waals surface area contributed by atoms with Crippen LogP contribution in [0.25, 0.3) is 11.1 Å². The summed E-state index contributed by atoms with van der Waals surface area (Å²) < 4.78 is 0. The van der Waals surface area contributed by atoms with Gasteiger partial charge in [0.05, 0.1) is 34.9 Å². The van der Waals surface area contributed by atoms with Crippen LogP contribution in [0.5, 0.6) is 0 Å². The van der Waals surface area contributed by atoms with E-state index in [4.69, 9.17) is 0 Å². The first-order valence-electron chi connectivity index (χ1n) is 17.0. The van der Waals surface area contributed by atoms with E-state index in [1.165, 1.54) is 17.4 Å². The summed E-state index contributed by atoms with van der Waals surface area (Å²) >= 11 is 1.44. The molecule has 4 amide bonds. The van der Waals surface area contributed by atoms with Gasteiger partial charge in [-0.2, -0.15) is 5.26 Å². The van der Waals surface area contributed by atoms with Crippen molar-refractivity contribution in [2.45, 2.75) is 65.2 Å². The number of hydrogen-bond acceptors (Lipinski definition) is 8. The molecule has 0 saturated carbocycles. The molecule has 0 aliphatic rings. The summed E-state index contributed by atoms with van der Waals surface area (Å²) in [6, 6.07) is 21.5. The number of nitriles is 1. The summed E-state index contributed by atoms with van der Waals surface area (Å²) in [6.07, 6.45) is 0.378. The van der Waals surface area contributed by atoms with Crippen molar-refractivity contribution in [3.63, 3.8) is 0 Å². The van der Waals surface area contributed by atoms with Crippen LogP contribution in [0.15, 0.2) is 83.7 Å². The molecule has 11 nitrogen and oxygen atoms in total. The van der Waals surface area contributed by atoms with E-state index in [1.807, 2.05) is 63.4 Å². The Balaban J connectivity index is 1.58. The molecule has 1 heterocycles. The lowest BCUT2D eigenvalue weighted by Gasteiger charge is -2.25. The molecule has 0 radical (unpaired) electrons. The van der Waals surface area contributed by atoms with Gasteiger partial charge in [0, 0.05) is 42.1 Å². The lowest BCUT2D eigenvalue weighted by molar-refractivity contribution is -0.130. The first-order chi connectivity index (χ1) is 24.5. The molecule has 3 aromatic carbocycles. The molecule has 0 aliphatic carbocycles. The lowest BCUT2D eigenvalue weighted by Crippen LogP contribution is -2.55. The molecule has 0 unspecified atom stereocenters. The molecular formula is C39H45N7O4S. The second-order valence-electron chi connectivity index (χ2n) is 12.7. The molecule has 0 bridgehead atoms. The zero-order valence-corrected chi connectivity index (χ0v) is 30.3. The van der Waals surface area contributed by atoms with Crippen molar-refractivity contribution >= 4 is 35.0 Å². The van der Waals surface area contributed by atoms with Crippen LogP contribution >= 0.6 is 11.3 Å². The van der Waals surface area contributed by atoms with E-state index in [2.05, 4.69) is 37.6 Å². The van der Waals surface area contributed by atoms with E-state index in [0.29, 0.717) is 29.7 Å². The number of nitrogens with one attached hydrogen (secondary N) is 5. The number of aromatic nitrogens is 1. The third-order valence-corrected chi connectivity index (χ3v) is 9.03. The van der Waals surface area contributed by atoms with Gasteiger partial charge in [-0.3, -0.25) is 19.2 Å². The fourth-order valence-corrected chi connectivity index (χ4v) is 6.10. The molecule has 4 atom stereocenters. The van der Waals surface area contributed by atoms with E-state index >= 15 is 0 Å². The third-order valence-electron chi connectivity index (χ3n) is 8.40. The Hall–Kier alpha value is -5.38. The second kappa shape index (κ2) is 18.6. The molecular weight excluding hydrogens is 663 g/mol. The summed E-state index contributed by atoms with van der Waals surface area (Å²) in [5.41, 5.74) is 5.45. The van der Waals surface area contributed by atoms with Crippen molar-refractivity contribution in [3.8, 4) is 17.2 Å². The van der Waals surface area contributed by atoms with E-state index < -0.39 is 24.0 Å². The predicted octanol–water partition coefficient (Wildman–Crippen LogP) is 4.77. The quantitative estimate of drug-likeness (QED) is 0.112. The zero-order chi connectivity index (χ0) is 36.9. The Bertz CT molecular complexity index is 1840. The van der Waals surface area contributed by atoms with E-state index in [0.717, 1.165) is 11.3 Å². The molecule has 0 fully saturated rings. The Morgan fingerprint density at radius 3 is 2.14 bits per heavy atom. The SMILES string of the molecule is CCNC(=O)[C@@H](NC(=O)[C@H](C)NC[C@H](Cc1cscn1)NC(=O)c1cc(C(=O)N[C@H](C)c2ccccc2)cc(-c2ccccc2C#N)c1)C(C)C. The number of thiazole rings is 1. The highest BCUT2D eigenvalue weighted by atomic mass is 32.1. The number of nitrogens with zero attached hydrogens (tertiary/aromatic N) is 2. The molecule has 12 heteroatoms. The number of amides is 4. The van der Waals surface area contributed by atoms with Crippen molar-refractivity contribution in [1.29, 1.82) is 5.26 Å². The minimum Gasteiger partial charge on any atom is -0.355 e. The van der Waals surface area contributed by atoms with Crippen LogP contribution in [0.3, 0.4) is 0 Å². The van der Waals surface area contributed by atoms with Crippen LogP contribution < -0.4 is 26.6 Å². The summed E-state index contributed by atoms with van der Waals surface area (Å²) in [7, 11) is 0. The van der Waals surface area contributed by atoms with E-state index in [-0.39, 0.29) is 47.4 Å². The Morgan fingerprint density at radius 2 is 1.51 bits per heavy atom. The standard InChI is InChI=1S/C39H45N7O4S/c1-6-41-39(50)35(24(2)3)46-36(47)26(5)42-21-32(19-33-22-51-23-43-33)45-38(49)31-17-29(34-15-11-10-14-28(34)20-40)16-30(18-31)37(48)44-25(4)27-12-8-7-9-13-27/h7-18,22-26,32,35,42H,6,19,21H2,1-5H3,(H,41,50)(H,44,48)(H,45,49)(H,46,47)/t25-,26+,32+,35+/m1/s1. The molecule has 5 N–H and O–H groups in total. The van der Waals surface area contributed by atoms with Gasteiger partial charge in [-0.25, -0.2) is 4.98 Å². The highest BCUT2D eigenvalue weighted by Crippen LogP contribution is 2.26. The molecule has 1 aromatic heterocycles. The maximum absolute atomic E-state index is 14.0. The monoisotopic (exact) mass is 707 g/mol. The summed E-state index contributed by atoms with van der Waals surface area (Å²) in [4.78, 5) is 57.7. The topological polar surface area (TPSA) is 165 Å². The minimum atomic E-state index is -0.687. The van der Waals surface area contributed by atoms with Crippen molar-refractivity contribution < 1.29 is 19.2 Å². The van der Waals surface area contributed by atoms with Gasteiger partial charge < -0.3 is 26.6 Å². The predicted molar refractivity (Wildman–Crippen MR) is 199 cm³/mol. The van der Waals surface area contributed by atoms with Crippen molar-refractivity contribution in [1.82, 2.24) is 31.6 Å². The van der Waals surface area contributed by atoms with Crippen LogP contribution in [0.1, 0.15) is 78.2 Å². The largest absolute Gasteiger partial charge is 0.355 e. The fraction of sp³-hybridized carbons (Fsp3) is 0.333. The molecule has 266 valence electrons. The van der Waals surface area contributed by atoms with Crippen LogP contribution in [-0.4, -0.2) is 59.8 Å². The number of carbonyl (C=O) groups is 4. The van der Waals surface area contributed by atoms with Gasteiger partial charge in [-0.05, 0) is 67.6 Å². The Kier molecular flexibility index (Phi) is 14.0. The number of rotatable bonds is 16. The van der Waals surface area contributed by atoms with Crippen LogP contribution in [-0.2, 0) is 16.0 Å². The first-order valence-corrected chi connectivity index (χ1v) is 17.9. The van der Waals surface area contributed by atoms with E-state index in [9.17, 15) is 24.4 Å². The van der Waals surface area contributed by atoms with Crippen LogP contribution in [0, 0.1) is 17.2 Å². The maximum Gasteiger partial charge on any atom is 0.251 e. The van der Waals surface area contributed by atoms with Gasteiger partial charge in [0.15, 0.2) is 0 Å². The summed E-state index contributed by atoms with van der Waals surface area (Å²) in [5.74, 6) is -1.52. The molecule has 4 rings (SSSR count). The number of benzene rings is 3. The van der Waals surface area contributed by atoms with Gasteiger partial charge >= 0.3 is 0 Å². The maximum atomic E-state index is 14.0. The van der Waals surface area contributed by atoms with Gasteiger partial charge in [0.25, 0.3) is 11.8 Å². The highest BCUT2D eigenvalue weighted by Gasteiger charge is 2.27. The Labute approximate surface area is 303 Å². The number of hydrogen-bond donors (Lipinski definition) is 5. The second-order valence-corrected chi connectivity index (χ2v) is 13.4. The summed E-state index contributed by atoms with van der Waals surface area (Å²) in [5, 5.41) is 26.6. The minimum absolute atomic E-state index is 0.117. The molecule has 0 aliphatic heterocycles. The van der Waals surface area contributed by atoms with Crippen molar-refractivity contribution in [2.75, 3.05) is 13.1 Å². The third kappa shape index (κ3) is 10.8. The molecule has 0 spiro atoms. The normalized spacial score (nSPS) is 13.3. The van der Waals surface area contributed by atoms with Gasteiger partial charge in [0.1, 0.15) is 6.04 Å². The number of likely N-dealkylation sites (N-methyl/N-ethyl adjacent to an activating group) is 1. The lowest BCUT2D eigenvalue weighted by atomic mass is 9.95. The summed E-state index contributed by atoms with van der Waals surface area (Å²) in [6.45, 7) is 9.80. The smallest absolute Gasteiger partial charge is 0.251 e. The molecule has 0 saturated heterocycles. The van der Waals surface area contributed by atoms with Crippen molar-refractivity contribution in [3.05, 3.63) is 112 Å². The average molecular weight is 708 g/mol. The molecule has 4 aromatic rings. The highest BCUT2D eigenvalue weighted by molar-refractivity contribution is 7.07. The zero-order valence-electron chi connectivity index (χ0n) is 29.5. The van der Waals surface area contributed by atoms with Gasteiger partial charge in [-0.15, -0.1) is 11.3 Å². The molecule has 51 heavy (non-hydrogen) atoms.